The predicted molar refractivity (Wildman–Crippen MR) is 136 cm³/mol. The second kappa shape index (κ2) is 9.73. The lowest BCUT2D eigenvalue weighted by atomic mass is 9.43. The molecule has 0 aromatic rings. The van der Waals surface area contributed by atoms with Gasteiger partial charge in [-0.1, -0.05) is 13.8 Å². The van der Waals surface area contributed by atoms with Crippen LogP contribution in [-0.2, 0) is 19.0 Å². The predicted octanol–water partition coefficient (Wildman–Crippen LogP) is 0.399. The molecule has 4 aliphatic carbocycles. The minimum Gasteiger partial charge on any atom is -0.458 e. The van der Waals surface area contributed by atoms with Gasteiger partial charge in [-0.15, -0.1) is 0 Å². The number of cyclic esters (lactones) is 1. The highest BCUT2D eigenvalue weighted by Gasteiger charge is 2.70. The number of fused-ring (bicyclic) bond motifs is 5. The zero-order valence-corrected chi connectivity index (χ0v) is 22.8. The molecule has 6 rings (SSSR count). The Bertz CT molecular complexity index is 1000. The van der Waals surface area contributed by atoms with E-state index in [9.17, 15) is 35.4 Å². The van der Waals surface area contributed by atoms with Crippen molar-refractivity contribution in [1.29, 1.82) is 0 Å². The third-order valence-electron chi connectivity index (χ3n) is 12.1. The Hall–Kier alpha value is -1.11. The molecule has 0 aromatic heterocycles. The molecule has 39 heavy (non-hydrogen) atoms. The molecular weight excluding hydrogens is 508 g/mol. The molecule has 10 heteroatoms. The van der Waals surface area contributed by atoms with Crippen molar-refractivity contribution in [3.8, 4) is 0 Å². The molecule has 6 N–H and O–H groups in total. The van der Waals surface area contributed by atoms with Crippen molar-refractivity contribution in [2.24, 2.45) is 34.5 Å². The van der Waals surface area contributed by atoms with Crippen LogP contribution in [0.4, 0.5) is 0 Å². The van der Waals surface area contributed by atoms with E-state index in [1.54, 1.807) is 0 Å². The van der Waals surface area contributed by atoms with E-state index in [2.05, 4.69) is 13.8 Å². The molecule has 0 spiro atoms. The van der Waals surface area contributed by atoms with E-state index in [1.165, 1.54) is 6.08 Å². The van der Waals surface area contributed by atoms with Gasteiger partial charge in [-0.3, -0.25) is 0 Å². The van der Waals surface area contributed by atoms with Crippen molar-refractivity contribution in [2.75, 3.05) is 13.2 Å². The number of aliphatic hydroxyl groups is 6. The van der Waals surface area contributed by atoms with Crippen molar-refractivity contribution < 1.29 is 49.6 Å². The zero-order chi connectivity index (χ0) is 27.9. The van der Waals surface area contributed by atoms with Crippen LogP contribution in [0.1, 0.15) is 65.2 Å². The van der Waals surface area contributed by atoms with E-state index < -0.39 is 54.4 Å². The number of hydrogen-bond acceptors (Lipinski definition) is 10. The summed E-state index contributed by atoms with van der Waals surface area (Å²) in [5, 5.41) is 63.8. The first-order valence-electron chi connectivity index (χ1n) is 14.7. The maximum absolute atomic E-state index is 12.4. The molecule has 2 aliphatic heterocycles. The van der Waals surface area contributed by atoms with Crippen LogP contribution in [0.25, 0.3) is 0 Å². The van der Waals surface area contributed by atoms with Crippen LogP contribution in [0.3, 0.4) is 0 Å². The normalized spacial score (nSPS) is 55.3. The molecule has 0 aromatic carbocycles. The van der Waals surface area contributed by atoms with Crippen LogP contribution < -0.4 is 0 Å². The number of carbonyl (C=O) groups excluding carboxylic acids is 1. The quantitative estimate of drug-likeness (QED) is 0.212. The summed E-state index contributed by atoms with van der Waals surface area (Å²) in [6.45, 7) is 4.13. The molecule has 14 atom stereocenters. The summed E-state index contributed by atoms with van der Waals surface area (Å²) in [5.74, 6) is 0.0346. The molecule has 6 aliphatic rings. The van der Waals surface area contributed by atoms with Gasteiger partial charge in [0.05, 0.1) is 24.4 Å². The topological polar surface area (TPSA) is 166 Å². The third-order valence-corrected chi connectivity index (χ3v) is 12.1. The Balaban J connectivity index is 1.17. The molecule has 4 saturated carbocycles. The molecule has 0 radical (unpaired) electrons. The first-order chi connectivity index (χ1) is 18.4. The lowest BCUT2D eigenvalue weighted by molar-refractivity contribution is -0.317. The fourth-order valence-corrected chi connectivity index (χ4v) is 9.94. The van der Waals surface area contributed by atoms with Crippen molar-refractivity contribution in [3.63, 3.8) is 0 Å². The summed E-state index contributed by atoms with van der Waals surface area (Å²) in [4.78, 5) is 11.8. The lowest BCUT2D eigenvalue weighted by Crippen LogP contribution is -2.63. The Labute approximate surface area is 229 Å². The van der Waals surface area contributed by atoms with Crippen molar-refractivity contribution in [3.05, 3.63) is 11.6 Å². The Kier molecular flexibility index (Phi) is 6.99. The van der Waals surface area contributed by atoms with Gasteiger partial charge >= 0.3 is 5.97 Å². The van der Waals surface area contributed by atoms with Crippen molar-refractivity contribution in [1.82, 2.24) is 0 Å². The number of aliphatic hydroxyl groups excluding tert-OH is 5. The number of hydrogen-bond donors (Lipinski definition) is 6. The molecule has 10 nitrogen and oxygen atoms in total. The zero-order valence-electron chi connectivity index (χ0n) is 22.8. The molecular formula is C29H44O10. The van der Waals surface area contributed by atoms with Crippen LogP contribution in [0.2, 0.25) is 0 Å². The van der Waals surface area contributed by atoms with E-state index >= 15 is 0 Å². The monoisotopic (exact) mass is 552 g/mol. The number of ether oxygens (including phenoxy) is 3. The van der Waals surface area contributed by atoms with Crippen molar-refractivity contribution in [2.45, 2.75) is 114 Å². The van der Waals surface area contributed by atoms with Gasteiger partial charge in [-0.2, -0.15) is 0 Å². The van der Waals surface area contributed by atoms with E-state index in [0.29, 0.717) is 18.3 Å². The molecule has 0 bridgehead atoms. The SMILES string of the molecule is C[C@]12CC[C@H](O[C@@H]3O[C@H](CO)[C@H](O)[C@H](O)[C@H]3O)C[C@H]1CC[C@@H]1[C@@H]2CC[C@]2(C)[C@@H](C3=CC(=O)OC3)[C@@H](O)C[C@]12O. The van der Waals surface area contributed by atoms with Crippen LogP contribution >= 0.6 is 0 Å². The first-order valence-corrected chi connectivity index (χ1v) is 14.7. The largest absolute Gasteiger partial charge is 0.458 e. The van der Waals surface area contributed by atoms with E-state index in [4.69, 9.17) is 14.2 Å². The minimum absolute atomic E-state index is 0.00996. The number of rotatable bonds is 4. The fraction of sp³-hybridized carbons (Fsp3) is 0.897. The van der Waals surface area contributed by atoms with Gasteiger partial charge < -0.3 is 44.8 Å². The Morgan fingerprint density at radius 1 is 1.00 bits per heavy atom. The van der Waals surface area contributed by atoms with Gasteiger partial charge in [0.25, 0.3) is 0 Å². The second-order valence-corrected chi connectivity index (χ2v) is 13.7. The molecule has 220 valence electrons. The van der Waals surface area contributed by atoms with Gasteiger partial charge in [0.1, 0.15) is 31.0 Å². The summed E-state index contributed by atoms with van der Waals surface area (Å²) >= 11 is 0. The summed E-state index contributed by atoms with van der Waals surface area (Å²) < 4.78 is 16.9. The highest BCUT2D eigenvalue weighted by atomic mass is 16.7. The van der Waals surface area contributed by atoms with Crippen LogP contribution in [-0.4, -0.2) is 98.3 Å². The molecule has 1 saturated heterocycles. The summed E-state index contributed by atoms with van der Waals surface area (Å²) in [7, 11) is 0. The van der Waals surface area contributed by atoms with Gasteiger partial charge in [0.15, 0.2) is 6.29 Å². The standard InChI is InChI=1S/C29H44O10/c1-27-7-5-16(38-26-25(35)24(34)23(33)20(12-30)39-26)10-15(27)3-4-18-17(27)6-8-28(2)22(14-9-21(32)37-13-14)19(31)11-29(18,28)36/h9,15-20,22-26,30-31,33-36H,3-8,10-13H2,1-2H3/t15-,16+,17+,18-,19+,20-,22+,23+,24+,25-,26-,27+,28-,29+/m1/s1. The van der Waals surface area contributed by atoms with Crippen LogP contribution in [0.5, 0.6) is 0 Å². The smallest absolute Gasteiger partial charge is 0.331 e. The van der Waals surface area contributed by atoms with Crippen molar-refractivity contribution >= 4 is 5.97 Å². The van der Waals surface area contributed by atoms with Gasteiger partial charge in [-0.25, -0.2) is 4.79 Å². The lowest BCUT2D eigenvalue weighted by Gasteiger charge is -2.63. The van der Waals surface area contributed by atoms with Gasteiger partial charge in [0.2, 0.25) is 0 Å². The van der Waals surface area contributed by atoms with E-state index in [-0.39, 0.29) is 35.9 Å². The average Bonchev–Trinajstić information content (AvgIpc) is 3.40. The first kappa shape index (κ1) is 28.0. The maximum Gasteiger partial charge on any atom is 0.331 e. The highest BCUT2D eigenvalue weighted by Crippen LogP contribution is 2.70. The van der Waals surface area contributed by atoms with E-state index in [0.717, 1.165) is 50.5 Å². The maximum atomic E-state index is 12.4. The fourth-order valence-electron chi connectivity index (χ4n) is 9.94. The second-order valence-electron chi connectivity index (χ2n) is 13.7. The van der Waals surface area contributed by atoms with Crippen LogP contribution in [0.15, 0.2) is 11.6 Å². The summed E-state index contributed by atoms with van der Waals surface area (Å²) in [6.07, 6.45) is 0.361. The molecule has 5 fully saturated rings. The van der Waals surface area contributed by atoms with Crippen LogP contribution in [0, 0.1) is 34.5 Å². The van der Waals surface area contributed by atoms with Gasteiger partial charge in [-0.05, 0) is 73.7 Å². The van der Waals surface area contributed by atoms with Gasteiger partial charge in [0, 0.05) is 23.8 Å². The summed E-state index contributed by atoms with van der Waals surface area (Å²) in [6, 6.07) is 0. The Morgan fingerprint density at radius 3 is 2.46 bits per heavy atom. The summed E-state index contributed by atoms with van der Waals surface area (Å²) in [5.41, 5.74) is -0.760. The molecule has 0 amide bonds. The molecule has 0 unspecified atom stereocenters. The average molecular weight is 553 g/mol. The molecule has 2 heterocycles. The Morgan fingerprint density at radius 2 is 1.77 bits per heavy atom. The number of esters is 1. The van der Waals surface area contributed by atoms with E-state index in [1.807, 2.05) is 0 Å². The minimum atomic E-state index is -1.46. The number of carbonyl (C=O) groups is 1. The highest BCUT2D eigenvalue weighted by molar-refractivity contribution is 5.85. The third kappa shape index (κ3) is 4.08.